The second kappa shape index (κ2) is 3.92. The van der Waals surface area contributed by atoms with Crippen LogP contribution in [0.25, 0.3) is 5.52 Å². The molecular weight excluding hydrogens is 218 g/mol. The molecule has 0 saturated carbocycles. The molecule has 16 heavy (non-hydrogen) atoms. The Hall–Kier alpha value is -1.91. The quantitative estimate of drug-likeness (QED) is 0.704. The molecule has 0 atom stereocenters. The van der Waals surface area contributed by atoms with E-state index in [4.69, 9.17) is 5.26 Å². The first kappa shape index (κ1) is 10.6. The minimum atomic E-state index is 0.544. The topological polar surface area (TPSA) is 52.0 Å². The average molecular weight is 227 g/mol. The fraction of sp³-hybridized carbons (Fsp3) is 0.167. The van der Waals surface area contributed by atoms with Crippen LogP contribution in [0, 0.1) is 29.6 Å². The van der Waals surface area contributed by atoms with Crippen LogP contribution < -0.4 is 0 Å². The molecule has 0 unspecified atom stereocenters. The number of fused-ring (bicyclic) bond motifs is 1. The van der Waals surface area contributed by atoms with Crippen molar-refractivity contribution in [2.45, 2.75) is 11.8 Å². The lowest BCUT2D eigenvalue weighted by atomic mass is 10.2. The van der Waals surface area contributed by atoms with E-state index >= 15 is 0 Å². The summed E-state index contributed by atoms with van der Waals surface area (Å²) in [5, 5.41) is 18.3. The summed E-state index contributed by atoms with van der Waals surface area (Å²) in [6, 6.07) is 8.18. The zero-order chi connectivity index (χ0) is 11.7. The number of hydrogen-bond donors (Lipinski definition) is 0. The van der Waals surface area contributed by atoms with Gasteiger partial charge in [-0.2, -0.15) is 10.5 Å². The van der Waals surface area contributed by atoms with Gasteiger partial charge in [0.15, 0.2) is 0 Å². The molecule has 0 radical (unpaired) electrons. The van der Waals surface area contributed by atoms with Crippen molar-refractivity contribution < 1.29 is 0 Å². The van der Waals surface area contributed by atoms with Crippen LogP contribution in [0.4, 0.5) is 0 Å². The molecule has 2 heterocycles. The minimum Gasteiger partial charge on any atom is -0.306 e. The first-order valence-corrected chi connectivity index (χ1v) is 5.95. The molecule has 2 aromatic heterocycles. The molecule has 2 aromatic rings. The van der Waals surface area contributed by atoms with Gasteiger partial charge in [0.05, 0.1) is 16.0 Å². The highest BCUT2D eigenvalue weighted by Crippen LogP contribution is 2.31. The van der Waals surface area contributed by atoms with Crippen molar-refractivity contribution in [3.05, 3.63) is 35.2 Å². The van der Waals surface area contributed by atoms with Gasteiger partial charge in [-0.15, -0.1) is 11.8 Å². The molecule has 3 nitrogen and oxygen atoms in total. The van der Waals surface area contributed by atoms with Gasteiger partial charge in [-0.25, -0.2) is 0 Å². The van der Waals surface area contributed by atoms with Crippen molar-refractivity contribution in [1.29, 1.82) is 10.5 Å². The Labute approximate surface area is 97.9 Å². The Morgan fingerprint density at radius 2 is 2.06 bits per heavy atom. The maximum Gasteiger partial charge on any atom is 0.139 e. The van der Waals surface area contributed by atoms with Crippen LogP contribution >= 0.6 is 11.8 Å². The summed E-state index contributed by atoms with van der Waals surface area (Å²) in [5.74, 6) is 0. The summed E-state index contributed by atoms with van der Waals surface area (Å²) in [6.45, 7) is 1.95. The van der Waals surface area contributed by atoms with Crippen molar-refractivity contribution in [2.75, 3.05) is 6.26 Å². The van der Waals surface area contributed by atoms with Gasteiger partial charge in [0.1, 0.15) is 17.8 Å². The van der Waals surface area contributed by atoms with E-state index in [0.29, 0.717) is 11.3 Å². The number of aryl methyl sites for hydroxylation is 1. The third-order valence-corrected chi connectivity index (χ3v) is 3.34. The maximum absolute atomic E-state index is 9.19. The van der Waals surface area contributed by atoms with E-state index in [-0.39, 0.29) is 0 Å². The molecule has 4 heteroatoms. The number of nitrogens with zero attached hydrogens (tertiary/aromatic N) is 3. The summed E-state index contributed by atoms with van der Waals surface area (Å²) in [6.07, 6.45) is 3.70. The van der Waals surface area contributed by atoms with E-state index in [9.17, 15) is 5.26 Å². The SMILES string of the molecule is CSc1c(C#N)c2c(C)cccn2c1C#N. The second-order valence-corrected chi connectivity index (χ2v) is 4.21. The molecule has 0 spiro atoms. The van der Waals surface area contributed by atoms with E-state index in [1.807, 2.05) is 31.5 Å². The highest BCUT2D eigenvalue weighted by atomic mass is 32.2. The first-order chi connectivity index (χ1) is 7.74. The smallest absolute Gasteiger partial charge is 0.139 e. The molecule has 0 N–H and O–H groups in total. The van der Waals surface area contributed by atoms with Gasteiger partial charge in [-0.1, -0.05) is 6.07 Å². The third-order valence-electron chi connectivity index (χ3n) is 2.54. The van der Waals surface area contributed by atoms with Crippen molar-refractivity contribution in [3.63, 3.8) is 0 Å². The number of nitriles is 2. The monoisotopic (exact) mass is 227 g/mol. The van der Waals surface area contributed by atoms with Crippen LogP contribution in [0.15, 0.2) is 23.2 Å². The zero-order valence-electron chi connectivity index (χ0n) is 8.98. The number of rotatable bonds is 1. The predicted octanol–water partition coefficient (Wildman–Crippen LogP) is 2.71. The van der Waals surface area contributed by atoms with Gasteiger partial charge in [0.25, 0.3) is 0 Å². The summed E-state index contributed by atoms with van der Waals surface area (Å²) >= 11 is 1.44. The molecule has 0 saturated heterocycles. The normalized spacial score (nSPS) is 10.0. The Balaban J connectivity index is 3.05. The van der Waals surface area contributed by atoms with Crippen LogP contribution in [0.1, 0.15) is 16.8 Å². The molecule has 0 bridgehead atoms. The summed E-state index contributed by atoms with van der Waals surface area (Å²) in [4.78, 5) is 0.763. The van der Waals surface area contributed by atoms with Crippen molar-refractivity contribution in [1.82, 2.24) is 4.40 Å². The molecular formula is C12H9N3S. The van der Waals surface area contributed by atoms with E-state index < -0.39 is 0 Å². The van der Waals surface area contributed by atoms with Gasteiger partial charge < -0.3 is 4.40 Å². The van der Waals surface area contributed by atoms with Crippen molar-refractivity contribution >= 4 is 17.3 Å². The maximum atomic E-state index is 9.19. The lowest BCUT2D eigenvalue weighted by Gasteiger charge is -1.98. The fourth-order valence-electron chi connectivity index (χ4n) is 1.86. The van der Waals surface area contributed by atoms with Crippen LogP contribution in [0.3, 0.4) is 0 Å². The van der Waals surface area contributed by atoms with Gasteiger partial charge in [0, 0.05) is 6.20 Å². The van der Waals surface area contributed by atoms with Crippen molar-refractivity contribution in [2.24, 2.45) is 0 Å². The van der Waals surface area contributed by atoms with Crippen LogP contribution in [-0.2, 0) is 0 Å². The highest BCUT2D eigenvalue weighted by Gasteiger charge is 2.18. The lowest BCUT2D eigenvalue weighted by molar-refractivity contribution is 1.12. The Morgan fingerprint density at radius 3 is 2.62 bits per heavy atom. The first-order valence-electron chi connectivity index (χ1n) is 4.72. The number of thioether (sulfide) groups is 1. The molecule has 0 aromatic carbocycles. The van der Waals surface area contributed by atoms with Crippen molar-refractivity contribution in [3.8, 4) is 12.1 Å². The molecule has 0 amide bonds. The fourth-order valence-corrected chi connectivity index (χ4v) is 2.55. The second-order valence-electron chi connectivity index (χ2n) is 3.39. The van der Waals surface area contributed by atoms with E-state index in [0.717, 1.165) is 16.0 Å². The van der Waals surface area contributed by atoms with Crippen LogP contribution in [0.5, 0.6) is 0 Å². The van der Waals surface area contributed by atoms with Gasteiger partial charge in [0.2, 0.25) is 0 Å². The van der Waals surface area contributed by atoms with E-state index in [2.05, 4.69) is 12.1 Å². The van der Waals surface area contributed by atoms with E-state index in [1.165, 1.54) is 11.8 Å². The summed E-state index contributed by atoms with van der Waals surface area (Å²) in [7, 11) is 0. The molecule has 78 valence electrons. The number of aromatic nitrogens is 1. The molecule has 0 aliphatic carbocycles. The Morgan fingerprint density at radius 1 is 1.31 bits per heavy atom. The van der Waals surface area contributed by atoms with E-state index in [1.54, 1.807) is 4.40 Å². The minimum absolute atomic E-state index is 0.544. The molecule has 0 aliphatic rings. The molecule has 0 aliphatic heterocycles. The average Bonchev–Trinajstić information content (AvgIpc) is 2.62. The van der Waals surface area contributed by atoms with Gasteiger partial charge in [-0.3, -0.25) is 0 Å². The van der Waals surface area contributed by atoms with Gasteiger partial charge >= 0.3 is 0 Å². The Kier molecular flexibility index (Phi) is 2.60. The zero-order valence-corrected chi connectivity index (χ0v) is 9.80. The third kappa shape index (κ3) is 1.28. The Bertz CT molecular complexity index is 641. The number of hydrogen-bond acceptors (Lipinski definition) is 3. The standard InChI is InChI=1S/C12H9N3S/c1-8-4-3-5-15-10(7-14)12(16-2)9(6-13)11(8)15/h3-5H,1-2H3. The molecule has 2 rings (SSSR count). The van der Waals surface area contributed by atoms with Gasteiger partial charge in [-0.05, 0) is 24.8 Å². The highest BCUT2D eigenvalue weighted by molar-refractivity contribution is 7.98. The van der Waals surface area contributed by atoms with Crippen LogP contribution in [0.2, 0.25) is 0 Å². The predicted molar refractivity (Wildman–Crippen MR) is 63.3 cm³/mol. The summed E-state index contributed by atoms with van der Waals surface area (Å²) < 4.78 is 1.79. The summed E-state index contributed by atoms with van der Waals surface area (Å²) in [5.41, 5.74) is 2.99. The largest absolute Gasteiger partial charge is 0.306 e. The lowest BCUT2D eigenvalue weighted by Crippen LogP contribution is -1.89. The van der Waals surface area contributed by atoms with Crippen LogP contribution in [-0.4, -0.2) is 10.7 Å². The number of pyridine rings is 1. The molecule has 0 fully saturated rings.